The first-order valence-corrected chi connectivity index (χ1v) is 9.34. The molecule has 26 heavy (non-hydrogen) atoms. The maximum Gasteiger partial charge on any atom is 0.277 e. The zero-order chi connectivity index (χ0) is 18.9. The maximum absolute atomic E-state index is 12.6. The van der Waals surface area contributed by atoms with Crippen LogP contribution in [0.4, 0.5) is 10.8 Å². The SMILES string of the molecule is Cn1ccc(C(=O)Nc2ncc(S(=O)(=O)c3ccc([N+](=O)[O-])cc3)s2)n1. The smallest absolute Gasteiger partial charge is 0.277 e. The minimum atomic E-state index is -3.89. The minimum absolute atomic E-state index is 0.0947. The molecule has 3 rings (SSSR count). The van der Waals surface area contributed by atoms with Gasteiger partial charge in [-0.15, -0.1) is 0 Å². The van der Waals surface area contributed by atoms with E-state index in [-0.39, 0.29) is 25.6 Å². The van der Waals surface area contributed by atoms with Gasteiger partial charge in [-0.1, -0.05) is 11.3 Å². The Labute approximate surface area is 151 Å². The van der Waals surface area contributed by atoms with Crippen LogP contribution >= 0.6 is 11.3 Å². The number of hydrogen-bond donors (Lipinski definition) is 1. The number of hydrogen-bond acceptors (Lipinski definition) is 8. The molecular weight excluding hydrogens is 382 g/mol. The van der Waals surface area contributed by atoms with E-state index in [0.29, 0.717) is 0 Å². The van der Waals surface area contributed by atoms with Crippen molar-refractivity contribution in [1.29, 1.82) is 0 Å². The van der Waals surface area contributed by atoms with Gasteiger partial charge in [0.25, 0.3) is 11.6 Å². The number of benzene rings is 1. The van der Waals surface area contributed by atoms with Crippen LogP contribution in [-0.2, 0) is 16.9 Å². The lowest BCUT2D eigenvalue weighted by Crippen LogP contribution is -2.12. The van der Waals surface area contributed by atoms with Crippen molar-refractivity contribution in [1.82, 2.24) is 14.8 Å². The summed E-state index contributed by atoms with van der Waals surface area (Å²) in [6, 6.07) is 6.03. The predicted octanol–water partition coefficient (Wildman–Crippen LogP) is 1.87. The summed E-state index contributed by atoms with van der Waals surface area (Å²) in [4.78, 5) is 25.9. The third-order valence-electron chi connectivity index (χ3n) is 3.27. The zero-order valence-corrected chi connectivity index (χ0v) is 14.8. The third kappa shape index (κ3) is 3.45. The van der Waals surface area contributed by atoms with Gasteiger partial charge < -0.3 is 0 Å². The van der Waals surface area contributed by atoms with Crippen LogP contribution in [-0.4, -0.2) is 34.0 Å². The van der Waals surface area contributed by atoms with E-state index in [2.05, 4.69) is 15.4 Å². The van der Waals surface area contributed by atoms with E-state index in [1.165, 1.54) is 10.7 Å². The first-order valence-electron chi connectivity index (χ1n) is 7.04. The summed E-state index contributed by atoms with van der Waals surface area (Å²) in [5.74, 6) is -0.515. The monoisotopic (exact) mass is 393 g/mol. The van der Waals surface area contributed by atoms with Crippen molar-refractivity contribution < 1.29 is 18.1 Å². The van der Waals surface area contributed by atoms with E-state index < -0.39 is 20.7 Å². The number of amides is 1. The topological polar surface area (TPSA) is 137 Å². The second-order valence-electron chi connectivity index (χ2n) is 5.07. The molecule has 0 saturated heterocycles. The van der Waals surface area contributed by atoms with Gasteiger partial charge in [-0.25, -0.2) is 13.4 Å². The standard InChI is InChI=1S/C14H11N5O5S2/c1-18-7-6-11(17-18)13(20)16-14-15-8-12(25-14)26(23,24)10-4-2-9(3-5-10)19(21)22/h2-8H,1H3,(H,15,16,20). The van der Waals surface area contributed by atoms with Gasteiger partial charge in [0.15, 0.2) is 10.8 Å². The van der Waals surface area contributed by atoms with E-state index in [0.717, 1.165) is 41.8 Å². The molecule has 0 aliphatic carbocycles. The van der Waals surface area contributed by atoms with Crippen molar-refractivity contribution in [3.8, 4) is 0 Å². The van der Waals surface area contributed by atoms with Gasteiger partial charge >= 0.3 is 0 Å². The van der Waals surface area contributed by atoms with Crippen molar-refractivity contribution in [3.63, 3.8) is 0 Å². The maximum atomic E-state index is 12.6. The molecule has 1 aromatic carbocycles. The van der Waals surface area contributed by atoms with Gasteiger partial charge in [-0.05, 0) is 18.2 Å². The van der Waals surface area contributed by atoms with Gasteiger partial charge in [-0.3, -0.25) is 24.9 Å². The molecule has 12 heteroatoms. The molecule has 0 aliphatic heterocycles. The lowest BCUT2D eigenvalue weighted by Gasteiger charge is -2.01. The zero-order valence-electron chi connectivity index (χ0n) is 13.2. The highest BCUT2D eigenvalue weighted by Crippen LogP contribution is 2.29. The third-order valence-corrected chi connectivity index (χ3v) is 6.42. The number of nitro benzene ring substituents is 1. The van der Waals surface area contributed by atoms with E-state index in [4.69, 9.17) is 0 Å². The van der Waals surface area contributed by atoms with Crippen LogP contribution < -0.4 is 5.32 Å². The highest BCUT2D eigenvalue weighted by molar-refractivity contribution is 7.93. The number of non-ortho nitro benzene ring substituents is 1. The van der Waals surface area contributed by atoms with Gasteiger partial charge in [0.1, 0.15) is 4.21 Å². The van der Waals surface area contributed by atoms with E-state index in [1.54, 1.807) is 13.2 Å². The molecule has 3 aromatic rings. The summed E-state index contributed by atoms with van der Waals surface area (Å²) in [6.45, 7) is 0. The summed E-state index contributed by atoms with van der Waals surface area (Å²) in [5, 5.41) is 17.2. The molecule has 2 aromatic heterocycles. The second kappa shape index (κ2) is 6.65. The molecule has 0 bridgehead atoms. The van der Waals surface area contributed by atoms with Crippen molar-refractivity contribution >= 4 is 37.9 Å². The Balaban J connectivity index is 1.81. The highest BCUT2D eigenvalue weighted by Gasteiger charge is 2.22. The number of nitrogens with one attached hydrogen (secondary N) is 1. The Hall–Kier alpha value is -3.12. The molecular formula is C14H11N5O5S2. The average molecular weight is 393 g/mol. The number of thiazole rings is 1. The van der Waals surface area contributed by atoms with E-state index in [1.807, 2.05) is 0 Å². The average Bonchev–Trinajstić information content (AvgIpc) is 3.24. The molecule has 10 nitrogen and oxygen atoms in total. The first-order chi connectivity index (χ1) is 12.3. The molecule has 0 fully saturated rings. The van der Waals surface area contributed by atoms with Gasteiger partial charge in [-0.2, -0.15) is 5.10 Å². The normalized spacial score (nSPS) is 11.3. The lowest BCUT2D eigenvalue weighted by molar-refractivity contribution is -0.384. The molecule has 0 spiro atoms. The quantitative estimate of drug-likeness (QED) is 0.516. The van der Waals surface area contributed by atoms with Crippen LogP contribution in [0.5, 0.6) is 0 Å². The molecule has 1 amide bonds. The number of sulfone groups is 1. The lowest BCUT2D eigenvalue weighted by atomic mass is 10.3. The van der Waals surface area contributed by atoms with Crippen LogP contribution in [0.25, 0.3) is 0 Å². The van der Waals surface area contributed by atoms with Crippen LogP contribution in [0, 0.1) is 10.1 Å². The van der Waals surface area contributed by atoms with Crippen molar-refractivity contribution in [2.24, 2.45) is 7.05 Å². The van der Waals surface area contributed by atoms with Gasteiger partial charge in [0.05, 0.1) is 16.0 Å². The van der Waals surface area contributed by atoms with Crippen molar-refractivity contribution in [2.45, 2.75) is 9.10 Å². The highest BCUT2D eigenvalue weighted by atomic mass is 32.2. The number of carbonyl (C=O) groups excluding carboxylic acids is 1. The second-order valence-corrected chi connectivity index (χ2v) is 8.27. The molecule has 0 saturated carbocycles. The Bertz CT molecular complexity index is 1090. The Kier molecular flexibility index (Phi) is 4.52. The number of aryl methyl sites for hydroxylation is 1. The summed E-state index contributed by atoms with van der Waals surface area (Å²) in [7, 11) is -2.23. The van der Waals surface area contributed by atoms with E-state index >= 15 is 0 Å². The molecule has 2 heterocycles. The fraction of sp³-hybridized carbons (Fsp3) is 0.0714. The van der Waals surface area contributed by atoms with E-state index in [9.17, 15) is 23.3 Å². The number of rotatable bonds is 5. The van der Waals surface area contributed by atoms with Crippen molar-refractivity contribution in [2.75, 3.05) is 5.32 Å². The number of aromatic nitrogens is 3. The van der Waals surface area contributed by atoms with Crippen LogP contribution in [0.2, 0.25) is 0 Å². The summed E-state index contributed by atoms with van der Waals surface area (Å²) in [5.41, 5.74) is -0.0426. The van der Waals surface area contributed by atoms with Gasteiger partial charge in [0.2, 0.25) is 9.84 Å². The van der Waals surface area contributed by atoms with Crippen LogP contribution in [0.1, 0.15) is 10.5 Å². The number of nitro groups is 1. The molecule has 0 unspecified atom stereocenters. The summed E-state index contributed by atoms with van der Waals surface area (Å²) < 4.78 is 26.5. The number of anilines is 1. The molecule has 1 N–H and O–H groups in total. The Morgan fingerprint density at radius 2 is 1.96 bits per heavy atom. The first kappa shape index (κ1) is 17.7. The Morgan fingerprint density at radius 1 is 1.27 bits per heavy atom. The molecule has 0 aliphatic rings. The molecule has 0 atom stereocenters. The summed E-state index contributed by atoms with van der Waals surface area (Å²) in [6.07, 6.45) is 2.72. The van der Waals surface area contributed by atoms with Crippen LogP contribution in [0.3, 0.4) is 0 Å². The van der Waals surface area contributed by atoms with Crippen molar-refractivity contribution in [3.05, 3.63) is 58.5 Å². The van der Waals surface area contributed by atoms with Crippen LogP contribution in [0.15, 0.2) is 51.8 Å². The largest absolute Gasteiger partial charge is 0.296 e. The predicted molar refractivity (Wildman–Crippen MR) is 91.8 cm³/mol. The molecule has 134 valence electrons. The fourth-order valence-corrected chi connectivity index (χ4v) is 4.43. The molecule has 0 radical (unpaired) electrons. The number of nitrogens with zero attached hydrogens (tertiary/aromatic N) is 4. The van der Waals surface area contributed by atoms with Gasteiger partial charge in [0, 0.05) is 25.4 Å². The fourth-order valence-electron chi connectivity index (χ4n) is 2.00. The summed E-state index contributed by atoms with van der Waals surface area (Å²) >= 11 is 0.775. The number of carbonyl (C=O) groups is 1. The minimum Gasteiger partial charge on any atom is -0.296 e. The Morgan fingerprint density at radius 3 is 2.54 bits per heavy atom.